The molecule has 106 valence electrons. The van der Waals surface area contributed by atoms with Gasteiger partial charge in [0, 0.05) is 19.0 Å². The summed E-state index contributed by atoms with van der Waals surface area (Å²) in [5.41, 5.74) is 5.44. The summed E-state index contributed by atoms with van der Waals surface area (Å²) in [4.78, 5) is 2.11. The Morgan fingerprint density at radius 3 is 2.42 bits per heavy atom. The van der Waals surface area contributed by atoms with Crippen molar-refractivity contribution in [2.75, 3.05) is 33.9 Å². The summed E-state index contributed by atoms with van der Waals surface area (Å²) >= 11 is 0. The normalized spacial score (nSPS) is 12.2. The molecular weight excluding hydrogens is 242 g/mol. The SMILES string of the molecule is COc1ccc(OCCN(C)CC(C)C(=N)N)cc1. The van der Waals surface area contributed by atoms with E-state index in [2.05, 4.69) is 4.90 Å². The van der Waals surface area contributed by atoms with Crippen LogP contribution in [-0.2, 0) is 0 Å². The summed E-state index contributed by atoms with van der Waals surface area (Å²) < 4.78 is 10.7. The fraction of sp³-hybridized carbons (Fsp3) is 0.500. The lowest BCUT2D eigenvalue weighted by molar-refractivity contribution is 0.229. The van der Waals surface area contributed by atoms with Gasteiger partial charge in [0.2, 0.25) is 0 Å². The van der Waals surface area contributed by atoms with Crippen LogP contribution in [0.25, 0.3) is 0 Å². The molecule has 0 radical (unpaired) electrons. The van der Waals surface area contributed by atoms with E-state index in [1.165, 1.54) is 0 Å². The Balaban J connectivity index is 2.27. The second kappa shape index (κ2) is 7.63. The Kier molecular flexibility index (Phi) is 6.15. The molecule has 19 heavy (non-hydrogen) atoms. The van der Waals surface area contributed by atoms with Gasteiger partial charge in [0.15, 0.2) is 0 Å². The molecule has 0 aliphatic rings. The van der Waals surface area contributed by atoms with Crippen molar-refractivity contribution < 1.29 is 9.47 Å². The second-order valence-corrected chi connectivity index (χ2v) is 4.64. The molecule has 0 saturated carbocycles. The molecule has 0 amide bonds. The van der Waals surface area contributed by atoms with Crippen LogP contribution in [0.15, 0.2) is 24.3 Å². The number of hydrogen-bond acceptors (Lipinski definition) is 4. The van der Waals surface area contributed by atoms with E-state index in [1.807, 2.05) is 38.2 Å². The first-order valence-electron chi connectivity index (χ1n) is 6.32. The molecule has 1 unspecified atom stereocenters. The van der Waals surface area contributed by atoms with E-state index >= 15 is 0 Å². The Morgan fingerprint density at radius 2 is 1.89 bits per heavy atom. The predicted octanol–water partition coefficient (Wildman–Crippen LogP) is 1.58. The van der Waals surface area contributed by atoms with E-state index in [4.69, 9.17) is 20.6 Å². The van der Waals surface area contributed by atoms with Gasteiger partial charge < -0.3 is 20.1 Å². The van der Waals surface area contributed by atoms with Gasteiger partial charge in [-0.25, -0.2) is 0 Å². The quantitative estimate of drug-likeness (QED) is 0.553. The zero-order valence-corrected chi connectivity index (χ0v) is 11.8. The first-order chi connectivity index (χ1) is 9.02. The minimum absolute atomic E-state index is 0.0750. The molecule has 1 atom stereocenters. The van der Waals surface area contributed by atoms with Crippen molar-refractivity contribution in [3.63, 3.8) is 0 Å². The molecule has 1 rings (SSSR count). The van der Waals surface area contributed by atoms with Crippen LogP contribution in [-0.4, -0.2) is 44.6 Å². The molecule has 5 nitrogen and oxygen atoms in total. The van der Waals surface area contributed by atoms with Crippen molar-refractivity contribution in [1.29, 1.82) is 5.41 Å². The van der Waals surface area contributed by atoms with E-state index in [-0.39, 0.29) is 11.8 Å². The first kappa shape index (κ1) is 15.3. The summed E-state index contributed by atoms with van der Waals surface area (Å²) in [6, 6.07) is 7.52. The van der Waals surface area contributed by atoms with E-state index in [9.17, 15) is 0 Å². The van der Waals surface area contributed by atoms with Gasteiger partial charge in [-0.3, -0.25) is 5.41 Å². The number of nitrogens with zero attached hydrogens (tertiary/aromatic N) is 1. The lowest BCUT2D eigenvalue weighted by Gasteiger charge is -2.20. The topological polar surface area (TPSA) is 71.6 Å². The van der Waals surface area contributed by atoms with E-state index in [0.29, 0.717) is 6.61 Å². The zero-order valence-electron chi connectivity index (χ0n) is 11.8. The number of amidine groups is 1. The number of benzene rings is 1. The first-order valence-corrected chi connectivity index (χ1v) is 6.32. The van der Waals surface area contributed by atoms with Crippen molar-refractivity contribution in [1.82, 2.24) is 4.90 Å². The monoisotopic (exact) mass is 265 g/mol. The average molecular weight is 265 g/mol. The lowest BCUT2D eigenvalue weighted by atomic mass is 10.1. The van der Waals surface area contributed by atoms with Crippen LogP contribution >= 0.6 is 0 Å². The molecule has 0 aromatic heterocycles. The van der Waals surface area contributed by atoms with Crippen molar-refractivity contribution in [2.24, 2.45) is 11.7 Å². The Hall–Kier alpha value is -1.75. The van der Waals surface area contributed by atoms with Crippen LogP contribution < -0.4 is 15.2 Å². The van der Waals surface area contributed by atoms with Gasteiger partial charge in [0.1, 0.15) is 18.1 Å². The molecule has 0 spiro atoms. The van der Waals surface area contributed by atoms with Gasteiger partial charge in [0.05, 0.1) is 12.9 Å². The second-order valence-electron chi connectivity index (χ2n) is 4.64. The maximum absolute atomic E-state index is 7.35. The van der Waals surface area contributed by atoms with Crippen LogP contribution in [0.1, 0.15) is 6.92 Å². The van der Waals surface area contributed by atoms with Crippen molar-refractivity contribution in [2.45, 2.75) is 6.92 Å². The Morgan fingerprint density at radius 1 is 1.32 bits per heavy atom. The highest BCUT2D eigenvalue weighted by molar-refractivity contribution is 5.79. The number of methoxy groups -OCH3 is 1. The highest BCUT2D eigenvalue weighted by Crippen LogP contribution is 2.16. The van der Waals surface area contributed by atoms with Gasteiger partial charge in [-0.05, 0) is 31.3 Å². The Labute approximate surface area is 114 Å². The van der Waals surface area contributed by atoms with Crippen molar-refractivity contribution in [3.8, 4) is 11.5 Å². The lowest BCUT2D eigenvalue weighted by Crippen LogP contribution is -2.34. The van der Waals surface area contributed by atoms with Gasteiger partial charge in [-0.15, -0.1) is 0 Å². The third-order valence-corrected chi connectivity index (χ3v) is 2.92. The van der Waals surface area contributed by atoms with Crippen molar-refractivity contribution >= 4 is 5.84 Å². The van der Waals surface area contributed by atoms with Crippen LogP contribution in [0, 0.1) is 11.3 Å². The molecule has 3 N–H and O–H groups in total. The highest BCUT2D eigenvalue weighted by atomic mass is 16.5. The smallest absolute Gasteiger partial charge is 0.119 e. The summed E-state index contributed by atoms with van der Waals surface area (Å²) in [6.45, 7) is 4.11. The van der Waals surface area contributed by atoms with Gasteiger partial charge in [0.25, 0.3) is 0 Å². The van der Waals surface area contributed by atoms with Gasteiger partial charge in [-0.2, -0.15) is 0 Å². The van der Waals surface area contributed by atoms with Crippen LogP contribution in [0.2, 0.25) is 0 Å². The molecule has 0 heterocycles. The van der Waals surface area contributed by atoms with Crippen LogP contribution in [0.5, 0.6) is 11.5 Å². The average Bonchev–Trinajstić information content (AvgIpc) is 2.39. The molecule has 1 aromatic carbocycles. The Bertz CT molecular complexity index is 392. The molecule has 0 bridgehead atoms. The van der Waals surface area contributed by atoms with E-state index in [0.717, 1.165) is 24.6 Å². The number of ether oxygens (including phenoxy) is 2. The maximum Gasteiger partial charge on any atom is 0.119 e. The fourth-order valence-corrected chi connectivity index (χ4v) is 1.65. The van der Waals surface area contributed by atoms with Crippen LogP contribution in [0.4, 0.5) is 0 Å². The number of nitrogens with one attached hydrogen (secondary N) is 1. The third-order valence-electron chi connectivity index (χ3n) is 2.92. The number of likely N-dealkylation sites (N-methyl/N-ethyl adjacent to an activating group) is 1. The molecule has 5 heteroatoms. The standard InChI is InChI=1S/C14H23N3O2/c1-11(14(15)16)10-17(2)8-9-19-13-6-4-12(18-3)5-7-13/h4-7,11H,8-10H2,1-3H3,(H3,15,16). The largest absolute Gasteiger partial charge is 0.497 e. The molecular formula is C14H23N3O2. The molecule has 0 aliphatic heterocycles. The number of nitrogens with two attached hydrogens (primary N) is 1. The highest BCUT2D eigenvalue weighted by Gasteiger charge is 2.08. The van der Waals surface area contributed by atoms with Gasteiger partial charge in [-0.1, -0.05) is 6.92 Å². The number of rotatable bonds is 8. The summed E-state index contributed by atoms with van der Waals surface area (Å²) in [5.74, 6) is 1.95. The van der Waals surface area contributed by atoms with Crippen LogP contribution in [0.3, 0.4) is 0 Å². The molecule has 0 fully saturated rings. The molecule has 1 aromatic rings. The predicted molar refractivity (Wildman–Crippen MR) is 77.1 cm³/mol. The summed E-state index contributed by atoms with van der Waals surface area (Å²) in [6.07, 6.45) is 0. The van der Waals surface area contributed by atoms with Gasteiger partial charge >= 0.3 is 0 Å². The van der Waals surface area contributed by atoms with Crippen molar-refractivity contribution in [3.05, 3.63) is 24.3 Å². The molecule has 0 saturated heterocycles. The van der Waals surface area contributed by atoms with E-state index < -0.39 is 0 Å². The maximum atomic E-state index is 7.35. The minimum Gasteiger partial charge on any atom is -0.497 e. The zero-order chi connectivity index (χ0) is 14.3. The minimum atomic E-state index is 0.0750. The summed E-state index contributed by atoms with van der Waals surface area (Å²) in [7, 11) is 3.64. The fourth-order valence-electron chi connectivity index (χ4n) is 1.65. The summed E-state index contributed by atoms with van der Waals surface area (Å²) in [5, 5.41) is 7.35. The number of hydrogen-bond donors (Lipinski definition) is 2. The van der Waals surface area contributed by atoms with E-state index in [1.54, 1.807) is 7.11 Å². The third kappa shape index (κ3) is 5.61. The molecule has 0 aliphatic carbocycles.